The lowest BCUT2D eigenvalue weighted by Crippen LogP contribution is -2.04. The Bertz CT molecular complexity index is 530. The summed E-state index contributed by atoms with van der Waals surface area (Å²) in [5.74, 6) is 2.26. The maximum Gasteiger partial charge on any atom is 0.416 e. The first kappa shape index (κ1) is 12.6. The molecular formula is C10H7F3O2S. The summed E-state index contributed by atoms with van der Waals surface area (Å²) in [6.45, 7) is 0. The Morgan fingerprint density at radius 1 is 1.12 bits per heavy atom. The molecule has 1 aromatic rings. The first-order valence-corrected chi connectivity index (χ1v) is 5.98. The molecule has 0 spiro atoms. The Morgan fingerprint density at radius 2 is 1.62 bits per heavy atom. The van der Waals surface area contributed by atoms with Crippen LogP contribution in [0.2, 0.25) is 0 Å². The van der Waals surface area contributed by atoms with Crippen LogP contribution in [0.3, 0.4) is 0 Å². The predicted octanol–water partition coefficient (Wildman–Crippen LogP) is 2.06. The fraction of sp³-hybridized carbons (Fsp3) is 0.200. The summed E-state index contributed by atoms with van der Waals surface area (Å²) in [5, 5.41) is 1.94. The van der Waals surface area contributed by atoms with E-state index in [0.29, 0.717) is 0 Å². The van der Waals surface area contributed by atoms with Gasteiger partial charge in [0.1, 0.15) is 0 Å². The van der Waals surface area contributed by atoms with Crippen molar-refractivity contribution in [3.63, 3.8) is 0 Å². The van der Waals surface area contributed by atoms with Crippen LogP contribution in [0.15, 0.2) is 24.3 Å². The number of benzene rings is 1. The van der Waals surface area contributed by atoms with Crippen molar-refractivity contribution in [2.75, 3.05) is 6.26 Å². The number of rotatable bonds is 0. The molecule has 1 rings (SSSR count). The fourth-order valence-corrected chi connectivity index (χ4v) is 1.20. The third kappa shape index (κ3) is 3.95. The SMILES string of the molecule is CS(=O)(=O)C#Cc1ccc(C(F)(F)F)cc1. The molecule has 0 heterocycles. The van der Waals surface area contributed by atoms with Crippen LogP contribution in [0.1, 0.15) is 11.1 Å². The number of hydrogen-bond donors (Lipinski definition) is 0. The van der Waals surface area contributed by atoms with Crippen molar-refractivity contribution in [2.24, 2.45) is 0 Å². The number of alkyl halides is 3. The standard InChI is InChI=1S/C10H7F3O2S/c1-16(14,15)7-6-8-2-4-9(5-3-8)10(11,12)13/h2-5H,1H3. The Kier molecular flexibility index (Phi) is 3.29. The minimum Gasteiger partial charge on any atom is -0.216 e. The number of halogens is 3. The van der Waals surface area contributed by atoms with E-state index in [1.807, 2.05) is 5.25 Å². The summed E-state index contributed by atoms with van der Waals surface area (Å²) >= 11 is 0. The Labute approximate surface area is 91.0 Å². The zero-order valence-electron chi connectivity index (χ0n) is 8.17. The van der Waals surface area contributed by atoms with Gasteiger partial charge in [-0.3, -0.25) is 0 Å². The van der Waals surface area contributed by atoms with Crippen LogP contribution in [-0.4, -0.2) is 14.7 Å². The van der Waals surface area contributed by atoms with Crippen LogP contribution in [0, 0.1) is 11.2 Å². The van der Waals surface area contributed by atoms with E-state index >= 15 is 0 Å². The van der Waals surface area contributed by atoms with Gasteiger partial charge in [-0.15, -0.1) is 0 Å². The van der Waals surface area contributed by atoms with Crippen molar-refractivity contribution in [3.8, 4) is 11.2 Å². The lowest BCUT2D eigenvalue weighted by molar-refractivity contribution is -0.137. The van der Waals surface area contributed by atoms with E-state index in [-0.39, 0.29) is 5.56 Å². The van der Waals surface area contributed by atoms with Crippen LogP contribution in [0.4, 0.5) is 13.2 Å². The highest BCUT2D eigenvalue weighted by atomic mass is 32.2. The van der Waals surface area contributed by atoms with Crippen molar-refractivity contribution in [2.45, 2.75) is 6.18 Å². The lowest BCUT2D eigenvalue weighted by atomic mass is 10.1. The van der Waals surface area contributed by atoms with Crippen molar-refractivity contribution in [3.05, 3.63) is 35.4 Å². The third-order valence-corrected chi connectivity index (χ3v) is 2.07. The van der Waals surface area contributed by atoms with E-state index in [4.69, 9.17) is 0 Å². The number of sulfone groups is 1. The molecule has 0 atom stereocenters. The van der Waals surface area contributed by atoms with E-state index in [9.17, 15) is 21.6 Å². The molecule has 0 amide bonds. The van der Waals surface area contributed by atoms with Gasteiger partial charge in [0.2, 0.25) is 9.84 Å². The zero-order chi connectivity index (χ0) is 12.4. The molecule has 0 N–H and O–H groups in total. The average molecular weight is 248 g/mol. The van der Waals surface area contributed by atoms with Gasteiger partial charge in [-0.25, -0.2) is 8.42 Å². The summed E-state index contributed by atoms with van der Waals surface area (Å²) in [6.07, 6.45) is -3.48. The van der Waals surface area contributed by atoms with Gasteiger partial charge in [0.25, 0.3) is 0 Å². The molecule has 0 saturated heterocycles. The molecule has 0 aromatic heterocycles. The van der Waals surface area contributed by atoms with Gasteiger partial charge in [-0.2, -0.15) is 13.2 Å². The highest BCUT2D eigenvalue weighted by molar-refractivity contribution is 7.95. The van der Waals surface area contributed by atoms with Gasteiger partial charge in [-0.05, 0) is 24.3 Å². The molecular weight excluding hydrogens is 241 g/mol. The maximum atomic E-state index is 12.2. The molecule has 0 aliphatic carbocycles. The van der Waals surface area contributed by atoms with Crippen LogP contribution < -0.4 is 0 Å². The highest BCUT2D eigenvalue weighted by Crippen LogP contribution is 2.28. The first-order chi connectivity index (χ1) is 7.18. The summed E-state index contributed by atoms with van der Waals surface area (Å²) < 4.78 is 57.8. The Morgan fingerprint density at radius 3 is 2.00 bits per heavy atom. The maximum absolute atomic E-state index is 12.2. The largest absolute Gasteiger partial charge is 0.416 e. The molecule has 0 unspecified atom stereocenters. The molecule has 1 aromatic carbocycles. The second-order valence-electron chi connectivity index (χ2n) is 3.07. The van der Waals surface area contributed by atoms with Gasteiger partial charge >= 0.3 is 6.18 Å². The monoisotopic (exact) mass is 248 g/mol. The molecule has 0 radical (unpaired) electrons. The zero-order valence-corrected chi connectivity index (χ0v) is 8.98. The second-order valence-corrected chi connectivity index (χ2v) is 4.82. The van der Waals surface area contributed by atoms with Crippen molar-refractivity contribution in [1.29, 1.82) is 0 Å². The van der Waals surface area contributed by atoms with E-state index in [0.717, 1.165) is 30.5 Å². The van der Waals surface area contributed by atoms with Gasteiger partial charge in [0, 0.05) is 10.8 Å². The minimum absolute atomic E-state index is 0.221. The molecule has 2 nitrogen and oxygen atoms in total. The summed E-state index contributed by atoms with van der Waals surface area (Å²) in [5.41, 5.74) is -0.573. The first-order valence-electron chi connectivity index (χ1n) is 4.08. The van der Waals surface area contributed by atoms with Gasteiger partial charge in [-0.1, -0.05) is 5.92 Å². The van der Waals surface area contributed by atoms with Crippen molar-refractivity contribution < 1.29 is 21.6 Å². The molecule has 16 heavy (non-hydrogen) atoms. The molecule has 6 heteroatoms. The predicted molar refractivity (Wildman–Crippen MR) is 53.2 cm³/mol. The smallest absolute Gasteiger partial charge is 0.216 e. The summed E-state index contributed by atoms with van der Waals surface area (Å²) in [4.78, 5) is 0. The van der Waals surface area contributed by atoms with E-state index in [2.05, 4.69) is 5.92 Å². The minimum atomic E-state index is -4.40. The average Bonchev–Trinajstić information content (AvgIpc) is 2.13. The van der Waals surface area contributed by atoms with Gasteiger partial charge < -0.3 is 0 Å². The molecule has 0 bridgehead atoms. The summed E-state index contributed by atoms with van der Waals surface area (Å²) in [6, 6.07) is 3.96. The van der Waals surface area contributed by atoms with Crippen LogP contribution in [0.25, 0.3) is 0 Å². The van der Waals surface area contributed by atoms with E-state index in [1.165, 1.54) is 0 Å². The van der Waals surface area contributed by atoms with Gasteiger partial charge in [0.15, 0.2) is 0 Å². The second kappa shape index (κ2) is 4.18. The Hall–Kier alpha value is -1.48. The number of hydrogen-bond acceptors (Lipinski definition) is 2. The van der Waals surface area contributed by atoms with Crippen molar-refractivity contribution in [1.82, 2.24) is 0 Å². The lowest BCUT2D eigenvalue weighted by Gasteiger charge is -2.05. The van der Waals surface area contributed by atoms with E-state index in [1.54, 1.807) is 0 Å². The molecule has 0 aliphatic rings. The topological polar surface area (TPSA) is 34.1 Å². The van der Waals surface area contributed by atoms with Gasteiger partial charge in [0.05, 0.1) is 11.8 Å². The van der Waals surface area contributed by atoms with Crippen LogP contribution in [-0.2, 0) is 16.0 Å². The molecule has 0 aliphatic heterocycles. The molecule has 86 valence electrons. The molecule has 0 saturated carbocycles. The van der Waals surface area contributed by atoms with Crippen LogP contribution >= 0.6 is 0 Å². The third-order valence-electron chi connectivity index (χ3n) is 1.59. The quantitative estimate of drug-likeness (QED) is 0.658. The Balaban J connectivity index is 3.00. The highest BCUT2D eigenvalue weighted by Gasteiger charge is 2.29. The summed E-state index contributed by atoms with van der Waals surface area (Å²) in [7, 11) is -3.44. The van der Waals surface area contributed by atoms with Crippen LogP contribution in [0.5, 0.6) is 0 Å². The normalized spacial score (nSPS) is 11.8. The van der Waals surface area contributed by atoms with Crippen molar-refractivity contribution >= 4 is 9.84 Å². The fourth-order valence-electron chi connectivity index (χ4n) is 0.894. The molecule has 0 fully saturated rings. The van der Waals surface area contributed by atoms with E-state index < -0.39 is 21.6 Å².